The van der Waals surface area contributed by atoms with E-state index in [9.17, 15) is 4.79 Å². The van der Waals surface area contributed by atoms with E-state index in [1.165, 1.54) is 0 Å². The maximum Gasteiger partial charge on any atom is 0.246 e. The van der Waals surface area contributed by atoms with Crippen molar-refractivity contribution in [3.63, 3.8) is 0 Å². The summed E-state index contributed by atoms with van der Waals surface area (Å²) in [6.45, 7) is 3.83. The lowest BCUT2D eigenvalue weighted by atomic mass is 9.99. The highest BCUT2D eigenvalue weighted by Crippen LogP contribution is 2.27. The van der Waals surface area contributed by atoms with Gasteiger partial charge in [-0.2, -0.15) is 0 Å². The van der Waals surface area contributed by atoms with Crippen LogP contribution in [0.3, 0.4) is 0 Å². The highest BCUT2D eigenvalue weighted by molar-refractivity contribution is 14.1. The summed E-state index contributed by atoms with van der Waals surface area (Å²) in [6, 6.07) is 5.86. The van der Waals surface area contributed by atoms with Crippen LogP contribution in [-0.4, -0.2) is 23.3 Å². The van der Waals surface area contributed by atoms with Crippen LogP contribution in [0, 0.1) is 17.4 Å². The average molecular weight is 381 g/mol. The summed E-state index contributed by atoms with van der Waals surface area (Å²) in [7, 11) is 0. The van der Waals surface area contributed by atoms with Gasteiger partial charge in [0.05, 0.1) is 22.7 Å². The molecule has 1 amide bonds. The van der Waals surface area contributed by atoms with Crippen LogP contribution < -0.4 is 5.32 Å². The number of hydrogen-bond acceptors (Lipinski definition) is 4. The molecule has 0 aliphatic carbocycles. The fourth-order valence-electron chi connectivity index (χ4n) is 2.28. The first-order chi connectivity index (χ1) is 9.56. The van der Waals surface area contributed by atoms with Gasteiger partial charge >= 0.3 is 0 Å². The molecule has 1 aliphatic rings. The summed E-state index contributed by atoms with van der Waals surface area (Å²) in [4.78, 5) is 16.2. The van der Waals surface area contributed by atoms with Gasteiger partial charge in [-0.25, -0.2) is 0 Å². The van der Waals surface area contributed by atoms with E-state index in [4.69, 9.17) is 4.52 Å². The molecule has 1 aliphatic heterocycles. The molecule has 2 aromatic rings. The van der Waals surface area contributed by atoms with Crippen molar-refractivity contribution in [1.82, 2.24) is 5.16 Å². The number of amides is 1. The summed E-state index contributed by atoms with van der Waals surface area (Å²) in [5.74, 6) is 0.592. The van der Waals surface area contributed by atoms with Gasteiger partial charge in [-0.1, -0.05) is 5.16 Å². The third-order valence-corrected chi connectivity index (χ3v) is 3.83. The van der Waals surface area contributed by atoms with Crippen LogP contribution in [0.5, 0.6) is 0 Å². The maximum atomic E-state index is 11.8. The van der Waals surface area contributed by atoms with Crippen molar-refractivity contribution in [2.45, 2.75) is 13.8 Å². The fourth-order valence-corrected chi connectivity index (χ4v) is 2.77. The fraction of sp³-hybridized carbons (Fsp3) is 0.214. The zero-order valence-corrected chi connectivity index (χ0v) is 13.2. The van der Waals surface area contributed by atoms with Crippen LogP contribution >= 0.6 is 22.6 Å². The molecule has 0 saturated carbocycles. The van der Waals surface area contributed by atoms with Gasteiger partial charge in [0.2, 0.25) is 5.91 Å². The SMILES string of the molecule is Cc1noc(C)c1C1=NCC(=O)Nc2ccc(I)cc21. The zero-order chi connectivity index (χ0) is 14.3. The number of aryl methyl sites for hydroxylation is 2. The van der Waals surface area contributed by atoms with Crippen molar-refractivity contribution in [1.29, 1.82) is 0 Å². The molecule has 2 heterocycles. The Kier molecular flexibility index (Phi) is 3.33. The zero-order valence-electron chi connectivity index (χ0n) is 11.0. The van der Waals surface area contributed by atoms with Crippen molar-refractivity contribution in [3.8, 4) is 0 Å². The second kappa shape index (κ2) is 5.01. The molecular weight excluding hydrogens is 369 g/mol. The molecule has 1 aromatic carbocycles. The monoisotopic (exact) mass is 381 g/mol. The van der Waals surface area contributed by atoms with Gasteiger partial charge in [0, 0.05) is 9.13 Å². The number of nitrogens with zero attached hydrogens (tertiary/aromatic N) is 2. The molecule has 0 atom stereocenters. The number of halogens is 1. The number of nitrogens with one attached hydrogen (secondary N) is 1. The van der Waals surface area contributed by atoms with E-state index in [0.717, 1.165) is 31.8 Å². The van der Waals surface area contributed by atoms with Crippen LogP contribution in [0.4, 0.5) is 5.69 Å². The molecule has 0 saturated heterocycles. The summed E-state index contributed by atoms with van der Waals surface area (Å²) in [5.41, 5.74) is 4.07. The molecule has 3 rings (SSSR count). The van der Waals surface area contributed by atoms with Gasteiger partial charge in [0.25, 0.3) is 0 Å². The topological polar surface area (TPSA) is 67.5 Å². The molecule has 0 unspecified atom stereocenters. The second-order valence-electron chi connectivity index (χ2n) is 4.60. The molecule has 1 aromatic heterocycles. The Balaban J connectivity index is 2.26. The quantitative estimate of drug-likeness (QED) is 0.773. The average Bonchev–Trinajstić information content (AvgIpc) is 2.65. The van der Waals surface area contributed by atoms with E-state index in [2.05, 4.69) is 38.1 Å². The van der Waals surface area contributed by atoms with E-state index in [0.29, 0.717) is 5.76 Å². The summed E-state index contributed by atoms with van der Waals surface area (Å²) in [6.07, 6.45) is 0. The normalized spacial score (nSPS) is 14.3. The number of carbonyl (C=O) groups is 1. The van der Waals surface area contributed by atoms with Gasteiger partial charge < -0.3 is 9.84 Å². The lowest BCUT2D eigenvalue weighted by Gasteiger charge is -2.10. The summed E-state index contributed by atoms with van der Waals surface area (Å²) >= 11 is 2.24. The first-order valence-electron chi connectivity index (χ1n) is 6.13. The Morgan fingerprint density at radius 1 is 1.35 bits per heavy atom. The number of benzene rings is 1. The molecule has 102 valence electrons. The number of anilines is 1. The third kappa shape index (κ3) is 2.24. The molecule has 5 nitrogen and oxygen atoms in total. The van der Waals surface area contributed by atoms with Crippen molar-refractivity contribution in [3.05, 3.63) is 44.4 Å². The van der Waals surface area contributed by atoms with E-state index in [-0.39, 0.29) is 12.5 Å². The van der Waals surface area contributed by atoms with Crippen LogP contribution in [-0.2, 0) is 4.79 Å². The number of hydrogen-bond donors (Lipinski definition) is 1. The minimum atomic E-state index is -0.116. The first-order valence-corrected chi connectivity index (χ1v) is 7.21. The molecule has 0 fully saturated rings. The van der Waals surface area contributed by atoms with E-state index < -0.39 is 0 Å². The van der Waals surface area contributed by atoms with Crippen LogP contribution in [0.15, 0.2) is 27.7 Å². The molecular formula is C14H12IN3O2. The highest BCUT2D eigenvalue weighted by atomic mass is 127. The Labute approximate surface area is 129 Å². The van der Waals surface area contributed by atoms with Crippen molar-refractivity contribution >= 4 is 39.9 Å². The standard InChI is InChI=1S/C14H12IN3O2/c1-7-13(8(2)20-18-7)14-10-5-9(15)3-4-11(10)17-12(19)6-16-14/h3-5H,6H2,1-2H3,(H,17,19). The minimum Gasteiger partial charge on any atom is -0.361 e. The van der Waals surface area contributed by atoms with E-state index >= 15 is 0 Å². The molecule has 0 bridgehead atoms. The number of aliphatic imine (C=N–C) groups is 1. The summed E-state index contributed by atoms with van der Waals surface area (Å²) < 4.78 is 6.30. The highest BCUT2D eigenvalue weighted by Gasteiger charge is 2.23. The molecule has 1 N–H and O–H groups in total. The second-order valence-corrected chi connectivity index (χ2v) is 5.85. The van der Waals surface area contributed by atoms with Crippen LogP contribution in [0.1, 0.15) is 22.6 Å². The number of rotatable bonds is 1. The van der Waals surface area contributed by atoms with Crippen molar-refractivity contribution in [2.24, 2.45) is 4.99 Å². The van der Waals surface area contributed by atoms with E-state index in [1.54, 1.807) is 0 Å². The lowest BCUT2D eigenvalue weighted by Crippen LogP contribution is -2.13. The smallest absolute Gasteiger partial charge is 0.246 e. The molecule has 0 radical (unpaired) electrons. The first kappa shape index (κ1) is 13.3. The van der Waals surface area contributed by atoms with Crippen LogP contribution in [0.2, 0.25) is 0 Å². The van der Waals surface area contributed by atoms with Gasteiger partial charge in [-0.3, -0.25) is 9.79 Å². The Bertz CT molecular complexity index is 715. The Morgan fingerprint density at radius 2 is 2.15 bits per heavy atom. The van der Waals surface area contributed by atoms with Gasteiger partial charge in [-0.15, -0.1) is 0 Å². The van der Waals surface area contributed by atoms with Gasteiger partial charge in [0.1, 0.15) is 12.3 Å². The number of fused-ring (bicyclic) bond motifs is 1. The predicted octanol–water partition coefficient (Wildman–Crippen LogP) is 2.69. The maximum absolute atomic E-state index is 11.8. The molecule has 0 spiro atoms. The number of carbonyl (C=O) groups excluding carboxylic acids is 1. The molecule has 6 heteroatoms. The number of aromatic nitrogens is 1. The lowest BCUT2D eigenvalue weighted by molar-refractivity contribution is -0.114. The summed E-state index contributed by atoms with van der Waals surface area (Å²) in [5, 5.41) is 6.85. The molecule has 20 heavy (non-hydrogen) atoms. The Morgan fingerprint density at radius 3 is 2.85 bits per heavy atom. The number of benzodiazepines with no additional fused rings is 1. The van der Waals surface area contributed by atoms with E-state index in [1.807, 2.05) is 32.0 Å². The largest absolute Gasteiger partial charge is 0.361 e. The third-order valence-electron chi connectivity index (χ3n) is 3.16. The van der Waals surface area contributed by atoms with Crippen molar-refractivity contribution < 1.29 is 9.32 Å². The Hall–Kier alpha value is -1.70. The van der Waals surface area contributed by atoms with Crippen molar-refractivity contribution in [2.75, 3.05) is 11.9 Å². The van der Waals surface area contributed by atoms with Gasteiger partial charge in [0.15, 0.2) is 0 Å². The predicted molar refractivity (Wildman–Crippen MR) is 84.3 cm³/mol. The minimum absolute atomic E-state index is 0.102. The van der Waals surface area contributed by atoms with Crippen LogP contribution in [0.25, 0.3) is 0 Å². The van der Waals surface area contributed by atoms with Gasteiger partial charge in [-0.05, 0) is 54.6 Å².